The van der Waals surface area contributed by atoms with E-state index in [1.165, 1.54) is 0 Å². The van der Waals surface area contributed by atoms with Crippen LogP contribution in [0.1, 0.15) is 23.6 Å². The van der Waals surface area contributed by atoms with Gasteiger partial charge in [-0.2, -0.15) is 5.26 Å². The highest BCUT2D eigenvalue weighted by atomic mass is 16.5. The summed E-state index contributed by atoms with van der Waals surface area (Å²) in [5, 5.41) is 13.8. The van der Waals surface area contributed by atoms with E-state index in [1.54, 1.807) is 6.20 Å². The normalized spacial score (nSPS) is 10.4. The molecule has 0 radical (unpaired) electrons. The Morgan fingerprint density at radius 3 is 2.54 bits per heavy atom. The Bertz CT molecular complexity index is 921. The van der Waals surface area contributed by atoms with Gasteiger partial charge in [-0.1, -0.05) is 18.2 Å². The van der Waals surface area contributed by atoms with Crippen molar-refractivity contribution in [2.24, 2.45) is 0 Å². The lowest BCUT2D eigenvalue weighted by atomic mass is 10.1. The quantitative estimate of drug-likeness (QED) is 0.746. The lowest BCUT2D eigenvalue weighted by molar-refractivity contribution is 0.340. The summed E-state index contributed by atoms with van der Waals surface area (Å²) in [7, 11) is 0. The van der Waals surface area contributed by atoms with Crippen LogP contribution in [0.2, 0.25) is 0 Å². The van der Waals surface area contributed by atoms with Crippen molar-refractivity contribution in [3.05, 3.63) is 59.3 Å². The smallest absolute Gasteiger partial charge is 0.120 e. The fraction of sp³-hybridized carbons (Fsp3) is 0.200. The lowest BCUT2D eigenvalue weighted by Crippen LogP contribution is -2.01. The van der Waals surface area contributed by atoms with Crippen molar-refractivity contribution in [2.45, 2.75) is 20.8 Å². The van der Waals surface area contributed by atoms with E-state index in [-0.39, 0.29) is 0 Å². The predicted molar refractivity (Wildman–Crippen MR) is 96.8 cm³/mol. The van der Waals surface area contributed by atoms with Crippen molar-refractivity contribution in [2.75, 3.05) is 11.9 Å². The maximum absolute atomic E-state index is 9.51. The summed E-state index contributed by atoms with van der Waals surface area (Å²) in [6, 6.07) is 14.1. The van der Waals surface area contributed by atoms with E-state index >= 15 is 0 Å². The molecule has 3 rings (SSSR count). The van der Waals surface area contributed by atoms with Gasteiger partial charge in [0.2, 0.25) is 0 Å². The Kier molecular flexibility index (Phi) is 4.35. The van der Waals surface area contributed by atoms with Gasteiger partial charge in [-0.15, -0.1) is 0 Å². The maximum atomic E-state index is 9.51. The number of ether oxygens (including phenoxy) is 1. The van der Waals surface area contributed by atoms with Crippen molar-refractivity contribution >= 4 is 22.3 Å². The molecular weight excluding hydrogens is 298 g/mol. The van der Waals surface area contributed by atoms with E-state index in [9.17, 15) is 5.26 Å². The molecule has 0 atom stereocenters. The molecule has 0 aliphatic rings. The standard InChI is InChI=1S/C20H19N3O/c1-4-24-16-8-9-18-17(10-16)20(15(11-21)12-22-18)23-19-13(2)6-5-7-14(19)3/h5-10,12H,4H2,1-3H3,(H,22,23). The first-order valence-corrected chi connectivity index (χ1v) is 7.93. The molecule has 1 heterocycles. The summed E-state index contributed by atoms with van der Waals surface area (Å²) in [6.45, 7) is 6.65. The number of para-hydroxylation sites is 1. The minimum absolute atomic E-state index is 0.513. The molecule has 0 saturated carbocycles. The molecule has 1 aromatic heterocycles. The number of pyridine rings is 1. The third-order valence-corrected chi connectivity index (χ3v) is 4.00. The van der Waals surface area contributed by atoms with E-state index in [2.05, 4.69) is 42.4 Å². The predicted octanol–water partition coefficient (Wildman–Crippen LogP) is 4.87. The second-order valence-electron chi connectivity index (χ2n) is 5.66. The molecule has 0 unspecified atom stereocenters. The van der Waals surface area contributed by atoms with Crippen LogP contribution in [0.25, 0.3) is 10.9 Å². The number of aromatic nitrogens is 1. The molecule has 0 bridgehead atoms. The number of nitrogens with one attached hydrogen (secondary N) is 1. The molecule has 0 fully saturated rings. The summed E-state index contributed by atoms with van der Waals surface area (Å²) in [5.74, 6) is 0.770. The zero-order chi connectivity index (χ0) is 17.1. The number of hydrogen-bond acceptors (Lipinski definition) is 4. The molecule has 0 aliphatic carbocycles. The van der Waals surface area contributed by atoms with Crippen LogP contribution in [-0.2, 0) is 0 Å². The molecule has 0 spiro atoms. The fourth-order valence-corrected chi connectivity index (χ4v) is 2.78. The molecule has 2 aromatic carbocycles. The Balaban J connectivity index is 2.20. The van der Waals surface area contributed by atoms with Crippen molar-refractivity contribution in [1.29, 1.82) is 5.26 Å². The van der Waals surface area contributed by atoms with E-state index in [0.717, 1.165) is 39.2 Å². The van der Waals surface area contributed by atoms with Crippen LogP contribution in [0.3, 0.4) is 0 Å². The second-order valence-corrected chi connectivity index (χ2v) is 5.66. The average Bonchev–Trinajstić information content (AvgIpc) is 2.58. The number of benzene rings is 2. The van der Waals surface area contributed by atoms with Gasteiger partial charge in [0.25, 0.3) is 0 Å². The van der Waals surface area contributed by atoms with Crippen LogP contribution in [0.15, 0.2) is 42.6 Å². The molecule has 0 amide bonds. The number of nitrogens with zero attached hydrogens (tertiary/aromatic N) is 2. The van der Waals surface area contributed by atoms with Gasteiger partial charge in [0.15, 0.2) is 0 Å². The number of fused-ring (bicyclic) bond motifs is 1. The number of nitriles is 1. The van der Waals surface area contributed by atoms with Crippen LogP contribution in [-0.4, -0.2) is 11.6 Å². The van der Waals surface area contributed by atoms with Crippen molar-refractivity contribution in [1.82, 2.24) is 4.98 Å². The zero-order valence-electron chi connectivity index (χ0n) is 14.1. The third-order valence-electron chi connectivity index (χ3n) is 4.00. The van der Waals surface area contributed by atoms with E-state index in [1.807, 2.05) is 31.2 Å². The van der Waals surface area contributed by atoms with E-state index in [4.69, 9.17) is 4.74 Å². The van der Waals surface area contributed by atoms with Gasteiger partial charge in [0, 0.05) is 17.3 Å². The maximum Gasteiger partial charge on any atom is 0.120 e. The van der Waals surface area contributed by atoms with Crippen LogP contribution in [0, 0.1) is 25.2 Å². The molecule has 0 aliphatic heterocycles. The molecule has 3 aromatic rings. The summed E-state index contributed by atoms with van der Waals surface area (Å²) in [4.78, 5) is 4.38. The number of anilines is 2. The van der Waals surface area contributed by atoms with Gasteiger partial charge >= 0.3 is 0 Å². The van der Waals surface area contributed by atoms with Crippen LogP contribution in [0.4, 0.5) is 11.4 Å². The molecule has 1 N–H and O–H groups in total. The lowest BCUT2D eigenvalue weighted by Gasteiger charge is -2.16. The minimum atomic E-state index is 0.513. The summed E-state index contributed by atoms with van der Waals surface area (Å²) in [5.41, 5.74) is 5.38. The van der Waals surface area contributed by atoms with Gasteiger partial charge in [0.05, 0.1) is 23.4 Å². The molecule has 24 heavy (non-hydrogen) atoms. The first-order chi connectivity index (χ1) is 11.6. The van der Waals surface area contributed by atoms with Crippen molar-refractivity contribution < 1.29 is 4.74 Å². The fourth-order valence-electron chi connectivity index (χ4n) is 2.78. The molecular formula is C20H19N3O. The van der Waals surface area contributed by atoms with Crippen LogP contribution in [0.5, 0.6) is 5.75 Å². The molecule has 120 valence electrons. The van der Waals surface area contributed by atoms with E-state index in [0.29, 0.717) is 12.2 Å². The highest BCUT2D eigenvalue weighted by molar-refractivity contribution is 5.97. The van der Waals surface area contributed by atoms with Crippen molar-refractivity contribution in [3.8, 4) is 11.8 Å². The Labute approximate surface area is 141 Å². The van der Waals surface area contributed by atoms with Crippen LogP contribution < -0.4 is 10.1 Å². The third kappa shape index (κ3) is 2.89. The highest BCUT2D eigenvalue weighted by Crippen LogP contribution is 2.33. The topological polar surface area (TPSA) is 57.9 Å². The zero-order valence-corrected chi connectivity index (χ0v) is 14.1. The van der Waals surface area contributed by atoms with Gasteiger partial charge < -0.3 is 10.1 Å². The van der Waals surface area contributed by atoms with E-state index < -0.39 is 0 Å². The summed E-state index contributed by atoms with van der Waals surface area (Å²) >= 11 is 0. The first kappa shape index (κ1) is 15.8. The first-order valence-electron chi connectivity index (χ1n) is 7.93. The highest BCUT2D eigenvalue weighted by Gasteiger charge is 2.12. The molecule has 4 nitrogen and oxygen atoms in total. The van der Waals surface area contributed by atoms with Gasteiger partial charge in [-0.25, -0.2) is 0 Å². The summed E-state index contributed by atoms with van der Waals surface area (Å²) < 4.78 is 5.60. The monoisotopic (exact) mass is 317 g/mol. The molecule has 0 saturated heterocycles. The Morgan fingerprint density at radius 1 is 1.12 bits per heavy atom. The van der Waals surface area contributed by atoms with Gasteiger partial charge in [0.1, 0.15) is 11.8 Å². The second kappa shape index (κ2) is 6.59. The van der Waals surface area contributed by atoms with Crippen LogP contribution >= 0.6 is 0 Å². The number of rotatable bonds is 4. The summed E-state index contributed by atoms with van der Waals surface area (Å²) in [6.07, 6.45) is 1.61. The van der Waals surface area contributed by atoms with Gasteiger partial charge in [-0.05, 0) is 50.1 Å². The number of hydrogen-bond donors (Lipinski definition) is 1. The Morgan fingerprint density at radius 2 is 1.88 bits per heavy atom. The van der Waals surface area contributed by atoms with Crippen molar-refractivity contribution in [3.63, 3.8) is 0 Å². The Hall–Kier alpha value is -3.06. The SMILES string of the molecule is CCOc1ccc2ncc(C#N)c(Nc3c(C)cccc3C)c2c1. The van der Waals surface area contributed by atoms with Gasteiger partial charge in [-0.3, -0.25) is 4.98 Å². The molecule has 4 heteroatoms. The number of aryl methyl sites for hydroxylation is 2. The largest absolute Gasteiger partial charge is 0.494 e. The minimum Gasteiger partial charge on any atom is -0.494 e. The average molecular weight is 317 g/mol.